The number of hydrogen-bond acceptors (Lipinski definition) is 2. The number of nitrogens with zero attached hydrogens (tertiary/aromatic N) is 2. The highest BCUT2D eigenvalue weighted by molar-refractivity contribution is 5.80. The van der Waals surface area contributed by atoms with Crippen LogP contribution in [-0.2, 0) is 4.79 Å². The smallest absolute Gasteiger partial charge is 0.239 e. The monoisotopic (exact) mass is 144 g/mol. The fraction of sp³-hybridized carbons (Fsp3) is 0.857. The van der Waals surface area contributed by atoms with Crippen molar-refractivity contribution in [3.05, 3.63) is 0 Å². The Morgan fingerprint density at radius 3 is 1.70 bits per heavy atom. The van der Waals surface area contributed by atoms with E-state index >= 15 is 0 Å². The molecule has 0 aromatic heterocycles. The van der Waals surface area contributed by atoms with Crippen LogP contribution in [0, 0.1) is 0 Å². The van der Waals surface area contributed by atoms with Gasteiger partial charge in [0.05, 0.1) is 6.04 Å². The molecular formula is C7H16N2O. The molecule has 60 valence electrons. The molecule has 0 rings (SSSR count). The van der Waals surface area contributed by atoms with Gasteiger partial charge in [-0.3, -0.25) is 9.69 Å². The number of rotatable bonds is 2. The standard InChI is InChI=1S/C7H16N2O/c1-6(8(2)3)7(10)9(4)5/h6H,1-5H3. The highest BCUT2D eigenvalue weighted by Gasteiger charge is 2.15. The molecule has 1 atom stereocenters. The molecule has 1 unspecified atom stereocenters. The SMILES string of the molecule is CC(C(=O)N(C)C)N(C)C. The number of likely N-dealkylation sites (N-methyl/N-ethyl adjacent to an activating group) is 2. The van der Waals surface area contributed by atoms with Crippen LogP contribution in [0.25, 0.3) is 0 Å². The topological polar surface area (TPSA) is 23.6 Å². The largest absolute Gasteiger partial charge is 0.347 e. The minimum Gasteiger partial charge on any atom is -0.347 e. The van der Waals surface area contributed by atoms with Gasteiger partial charge in [-0.15, -0.1) is 0 Å². The van der Waals surface area contributed by atoms with Crippen LogP contribution in [-0.4, -0.2) is 49.9 Å². The Labute approximate surface area is 62.6 Å². The predicted octanol–water partition coefficient (Wildman–Crippen LogP) is 0.0247. The van der Waals surface area contributed by atoms with Crippen LogP contribution in [0.3, 0.4) is 0 Å². The first-order valence-electron chi connectivity index (χ1n) is 3.34. The van der Waals surface area contributed by atoms with Crippen molar-refractivity contribution >= 4 is 5.91 Å². The van der Waals surface area contributed by atoms with E-state index in [0.717, 1.165) is 0 Å². The Hall–Kier alpha value is -0.570. The second-order valence-electron chi connectivity index (χ2n) is 2.87. The lowest BCUT2D eigenvalue weighted by atomic mass is 10.3. The van der Waals surface area contributed by atoms with E-state index in [9.17, 15) is 4.79 Å². The molecule has 0 heterocycles. The van der Waals surface area contributed by atoms with Crippen molar-refractivity contribution in [3.8, 4) is 0 Å². The summed E-state index contributed by atoms with van der Waals surface area (Å²) in [7, 11) is 7.32. The van der Waals surface area contributed by atoms with Gasteiger partial charge in [-0.2, -0.15) is 0 Å². The van der Waals surface area contributed by atoms with Gasteiger partial charge < -0.3 is 4.90 Å². The summed E-state index contributed by atoms with van der Waals surface area (Å²) in [6, 6.07) is -0.0185. The van der Waals surface area contributed by atoms with E-state index in [2.05, 4.69) is 0 Å². The van der Waals surface area contributed by atoms with Gasteiger partial charge in [0.1, 0.15) is 0 Å². The molecule has 0 spiro atoms. The number of carbonyl (C=O) groups is 1. The van der Waals surface area contributed by atoms with Crippen LogP contribution in [0.4, 0.5) is 0 Å². The second-order valence-corrected chi connectivity index (χ2v) is 2.87. The zero-order chi connectivity index (χ0) is 8.31. The third-order valence-corrected chi connectivity index (χ3v) is 1.57. The van der Waals surface area contributed by atoms with Crippen LogP contribution in [0.1, 0.15) is 6.92 Å². The lowest BCUT2D eigenvalue weighted by Crippen LogP contribution is -2.40. The maximum atomic E-state index is 11.2. The first kappa shape index (κ1) is 9.43. The fourth-order valence-corrected chi connectivity index (χ4v) is 0.595. The highest BCUT2D eigenvalue weighted by Crippen LogP contribution is 1.94. The summed E-state index contributed by atoms with van der Waals surface area (Å²) < 4.78 is 0. The molecule has 0 aliphatic heterocycles. The van der Waals surface area contributed by atoms with Gasteiger partial charge >= 0.3 is 0 Å². The number of hydrogen-bond donors (Lipinski definition) is 0. The van der Waals surface area contributed by atoms with Gasteiger partial charge in [0, 0.05) is 14.1 Å². The lowest BCUT2D eigenvalue weighted by Gasteiger charge is -2.22. The molecule has 0 radical (unpaired) electrons. The normalized spacial score (nSPS) is 13.4. The van der Waals surface area contributed by atoms with Crippen molar-refractivity contribution in [3.63, 3.8) is 0 Å². The van der Waals surface area contributed by atoms with E-state index < -0.39 is 0 Å². The van der Waals surface area contributed by atoms with E-state index in [0.29, 0.717) is 0 Å². The van der Waals surface area contributed by atoms with Crippen molar-refractivity contribution in [1.29, 1.82) is 0 Å². The molecule has 0 aliphatic rings. The Balaban J connectivity index is 3.95. The molecule has 0 N–H and O–H groups in total. The van der Waals surface area contributed by atoms with Gasteiger partial charge in [-0.1, -0.05) is 0 Å². The first-order valence-corrected chi connectivity index (χ1v) is 3.34. The Morgan fingerprint density at radius 2 is 1.60 bits per heavy atom. The second kappa shape index (κ2) is 3.56. The zero-order valence-electron chi connectivity index (χ0n) is 7.38. The van der Waals surface area contributed by atoms with Crippen LogP contribution in [0.15, 0.2) is 0 Å². The first-order chi connectivity index (χ1) is 4.46. The molecule has 10 heavy (non-hydrogen) atoms. The Bertz CT molecular complexity index is 121. The summed E-state index contributed by atoms with van der Waals surface area (Å²) >= 11 is 0. The van der Waals surface area contributed by atoms with E-state index in [1.54, 1.807) is 19.0 Å². The quantitative estimate of drug-likeness (QED) is 0.545. The summed E-state index contributed by atoms with van der Waals surface area (Å²) in [5.74, 6) is 0.144. The molecule has 0 fully saturated rings. The van der Waals surface area contributed by atoms with Crippen molar-refractivity contribution in [2.75, 3.05) is 28.2 Å². The van der Waals surface area contributed by atoms with Crippen LogP contribution in [0.5, 0.6) is 0 Å². The van der Waals surface area contributed by atoms with E-state index in [4.69, 9.17) is 0 Å². The van der Waals surface area contributed by atoms with Crippen molar-refractivity contribution in [2.45, 2.75) is 13.0 Å². The molecule has 0 saturated heterocycles. The molecule has 0 bridgehead atoms. The van der Waals surface area contributed by atoms with Gasteiger partial charge in [0.25, 0.3) is 0 Å². The summed E-state index contributed by atoms with van der Waals surface area (Å²) in [4.78, 5) is 14.7. The summed E-state index contributed by atoms with van der Waals surface area (Å²) in [6.45, 7) is 1.89. The molecule has 0 aromatic carbocycles. The van der Waals surface area contributed by atoms with Crippen molar-refractivity contribution in [2.24, 2.45) is 0 Å². The maximum Gasteiger partial charge on any atom is 0.239 e. The van der Waals surface area contributed by atoms with Crippen LogP contribution < -0.4 is 0 Å². The van der Waals surface area contributed by atoms with Gasteiger partial charge in [-0.25, -0.2) is 0 Å². The van der Waals surface area contributed by atoms with Crippen LogP contribution in [0.2, 0.25) is 0 Å². The maximum absolute atomic E-state index is 11.2. The Kier molecular flexibility index (Phi) is 3.36. The molecular weight excluding hydrogens is 128 g/mol. The van der Waals surface area contributed by atoms with E-state index in [1.165, 1.54) is 0 Å². The molecule has 0 aliphatic carbocycles. The van der Waals surface area contributed by atoms with Gasteiger partial charge in [0.15, 0.2) is 0 Å². The van der Waals surface area contributed by atoms with E-state index in [-0.39, 0.29) is 11.9 Å². The third kappa shape index (κ3) is 2.35. The number of carbonyl (C=O) groups excluding carboxylic acids is 1. The molecule has 3 heteroatoms. The lowest BCUT2D eigenvalue weighted by molar-refractivity contribution is -0.132. The average Bonchev–Trinajstić information content (AvgIpc) is 1.84. The van der Waals surface area contributed by atoms with E-state index in [1.807, 2.05) is 25.9 Å². The average molecular weight is 144 g/mol. The number of amides is 1. The predicted molar refractivity (Wildman–Crippen MR) is 41.8 cm³/mol. The molecule has 3 nitrogen and oxygen atoms in total. The minimum absolute atomic E-state index is 0.0185. The Morgan fingerprint density at radius 1 is 1.20 bits per heavy atom. The summed E-state index contributed by atoms with van der Waals surface area (Å²) in [6.07, 6.45) is 0. The van der Waals surface area contributed by atoms with Crippen molar-refractivity contribution < 1.29 is 4.79 Å². The fourth-order valence-electron chi connectivity index (χ4n) is 0.595. The summed E-state index contributed by atoms with van der Waals surface area (Å²) in [5, 5.41) is 0. The zero-order valence-corrected chi connectivity index (χ0v) is 7.38. The molecule has 0 saturated carbocycles. The molecule has 0 aromatic rings. The third-order valence-electron chi connectivity index (χ3n) is 1.57. The molecule has 1 amide bonds. The van der Waals surface area contributed by atoms with Crippen molar-refractivity contribution in [1.82, 2.24) is 9.80 Å². The minimum atomic E-state index is -0.0185. The van der Waals surface area contributed by atoms with Gasteiger partial charge in [-0.05, 0) is 21.0 Å². The summed E-state index contributed by atoms with van der Waals surface area (Å²) in [5.41, 5.74) is 0. The van der Waals surface area contributed by atoms with Gasteiger partial charge in [0.2, 0.25) is 5.91 Å². The highest BCUT2D eigenvalue weighted by atomic mass is 16.2. The van der Waals surface area contributed by atoms with Crippen LogP contribution >= 0.6 is 0 Å².